The predicted molar refractivity (Wildman–Crippen MR) is 132 cm³/mol. The number of nitriles is 1. The van der Waals surface area contributed by atoms with Crippen LogP contribution in [0, 0.1) is 11.3 Å². The largest absolute Gasteiger partial charge is 0.505 e. The summed E-state index contributed by atoms with van der Waals surface area (Å²) < 4.78 is 19.8. The van der Waals surface area contributed by atoms with E-state index in [0.29, 0.717) is 22.3 Å². The number of carbonyl (C=O) groups is 2. The first-order valence-corrected chi connectivity index (χ1v) is 11.5. The third kappa shape index (κ3) is 6.00. The van der Waals surface area contributed by atoms with Gasteiger partial charge in [0.05, 0.1) is 24.3 Å². The van der Waals surface area contributed by atoms with Gasteiger partial charge in [0.2, 0.25) is 0 Å². The first-order valence-electron chi connectivity index (χ1n) is 11.5. The number of halogens is 1. The maximum absolute atomic E-state index is 14.6. The molecule has 12 heteroatoms. The number of alkyl carbamates (subject to hydrolysis) is 1. The van der Waals surface area contributed by atoms with Crippen LogP contribution in [0.15, 0.2) is 36.7 Å². The van der Waals surface area contributed by atoms with Crippen LogP contribution in [-0.2, 0) is 11.3 Å². The van der Waals surface area contributed by atoms with E-state index in [1.807, 2.05) is 6.07 Å². The van der Waals surface area contributed by atoms with Gasteiger partial charge in [0.25, 0.3) is 5.91 Å². The third-order valence-corrected chi connectivity index (χ3v) is 5.59. The second kappa shape index (κ2) is 10.2. The third-order valence-electron chi connectivity index (χ3n) is 5.59. The summed E-state index contributed by atoms with van der Waals surface area (Å²) in [7, 11) is 0. The number of rotatable bonds is 5. The second-order valence-electron chi connectivity index (χ2n) is 9.58. The molecular formula is C25H26FN7O4. The fraction of sp³-hybridized carbons (Fsp3) is 0.360. The maximum Gasteiger partial charge on any atom is 0.408 e. The highest BCUT2D eigenvalue weighted by atomic mass is 19.1. The molecule has 0 radical (unpaired) electrons. The zero-order valence-corrected chi connectivity index (χ0v) is 20.5. The first-order chi connectivity index (χ1) is 17.5. The van der Waals surface area contributed by atoms with Crippen LogP contribution >= 0.6 is 0 Å². The Bertz CT molecular complexity index is 1370. The Hall–Kier alpha value is -4.53. The molecule has 192 valence electrons. The highest BCUT2D eigenvalue weighted by Crippen LogP contribution is 2.29. The lowest BCUT2D eigenvalue weighted by atomic mass is 10.2. The lowest BCUT2D eigenvalue weighted by Crippen LogP contribution is -2.44. The van der Waals surface area contributed by atoms with Gasteiger partial charge in [-0.15, -0.1) is 0 Å². The van der Waals surface area contributed by atoms with E-state index < -0.39 is 29.8 Å². The Morgan fingerprint density at radius 3 is 2.68 bits per heavy atom. The molecular weight excluding hydrogens is 481 g/mol. The van der Waals surface area contributed by atoms with Crippen molar-refractivity contribution in [2.45, 2.75) is 45.1 Å². The number of anilines is 1. The van der Waals surface area contributed by atoms with Crippen LogP contribution in [0.25, 0.3) is 10.9 Å². The van der Waals surface area contributed by atoms with Gasteiger partial charge < -0.3 is 25.4 Å². The molecule has 0 saturated carbocycles. The lowest BCUT2D eigenvalue weighted by molar-refractivity contribution is 0.0490. The number of hydrogen-bond acceptors (Lipinski definition) is 9. The van der Waals surface area contributed by atoms with E-state index in [1.165, 1.54) is 18.5 Å². The summed E-state index contributed by atoms with van der Waals surface area (Å²) in [5.41, 5.74) is 0.397. The number of aromatic hydroxyl groups is 1. The highest BCUT2D eigenvalue weighted by Gasteiger charge is 2.35. The van der Waals surface area contributed by atoms with Gasteiger partial charge in [-0.2, -0.15) is 5.26 Å². The van der Waals surface area contributed by atoms with Crippen LogP contribution in [0.4, 0.5) is 15.0 Å². The number of carbonyl (C=O) groups excluding carboxylic acids is 2. The van der Waals surface area contributed by atoms with E-state index in [9.17, 15) is 19.1 Å². The van der Waals surface area contributed by atoms with Crippen molar-refractivity contribution >= 4 is 28.7 Å². The molecule has 3 aromatic rings. The summed E-state index contributed by atoms with van der Waals surface area (Å²) in [4.78, 5) is 38.8. The first kappa shape index (κ1) is 25.6. The van der Waals surface area contributed by atoms with Gasteiger partial charge in [0.15, 0.2) is 11.4 Å². The highest BCUT2D eigenvalue weighted by molar-refractivity contribution is 6.00. The number of pyridine rings is 3. The SMILES string of the molecule is CC(C)(C)OC(=O)N[C@@H]1CN(c2ccc3c(O)c(C(=O)NCc4ccc(C#N)nc4)ncc3n2)C[C@@H]1F. The van der Waals surface area contributed by atoms with Crippen LogP contribution in [0.2, 0.25) is 0 Å². The van der Waals surface area contributed by atoms with E-state index in [4.69, 9.17) is 10.00 Å². The smallest absolute Gasteiger partial charge is 0.408 e. The number of nitrogens with one attached hydrogen (secondary N) is 2. The zero-order valence-electron chi connectivity index (χ0n) is 20.5. The molecule has 3 N–H and O–H groups in total. The molecule has 0 aromatic carbocycles. The Balaban J connectivity index is 1.44. The number of hydrogen-bond donors (Lipinski definition) is 3. The van der Waals surface area contributed by atoms with Crippen molar-refractivity contribution in [2.75, 3.05) is 18.0 Å². The normalized spacial score (nSPS) is 17.3. The molecule has 0 bridgehead atoms. The number of alkyl halides is 1. The molecule has 0 unspecified atom stereocenters. The zero-order chi connectivity index (χ0) is 26.7. The fourth-order valence-corrected chi connectivity index (χ4v) is 3.83. The standard InChI is InChI=1S/C25H26FN7O4/c1-25(2,3)37-24(36)32-19-13-33(12-17(19)26)20-7-6-16-18(31-20)11-29-21(22(16)34)23(35)30-10-14-4-5-15(8-27)28-9-14/h4-7,9,11,17,19,34H,10,12-13H2,1-3H3,(H,30,35)(H,32,36)/t17-,19+/m0/s1. The molecule has 37 heavy (non-hydrogen) atoms. The number of aromatic nitrogens is 3. The topological polar surface area (TPSA) is 153 Å². The predicted octanol–water partition coefficient (Wildman–Crippen LogP) is 2.58. The van der Waals surface area contributed by atoms with Crippen LogP contribution in [-0.4, -0.2) is 63.0 Å². The van der Waals surface area contributed by atoms with E-state index >= 15 is 0 Å². The second-order valence-corrected chi connectivity index (χ2v) is 9.58. The van der Waals surface area contributed by atoms with E-state index in [-0.39, 0.29) is 36.8 Å². The Morgan fingerprint density at radius 2 is 2.00 bits per heavy atom. The Kier molecular flexibility index (Phi) is 7.06. The summed E-state index contributed by atoms with van der Waals surface area (Å²) in [6, 6.07) is 7.54. The summed E-state index contributed by atoms with van der Waals surface area (Å²) in [6.07, 6.45) is 0.819. The van der Waals surface area contributed by atoms with Gasteiger partial charge in [-0.3, -0.25) is 4.79 Å². The molecule has 4 rings (SSSR count). The number of amides is 2. The molecule has 2 amide bonds. The van der Waals surface area contributed by atoms with Crippen molar-refractivity contribution in [1.82, 2.24) is 25.6 Å². The van der Waals surface area contributed by atoms with Gasteiger partial charge >= 0.3 is 6.09 Å². The Labute approximate surface area is 212 Å². The van der Waals surface area contributed by atoms with Gasteiger partial charge in [-0.25, -0.2) is 24.1 Å². The molecule has 11 nitrogen and oxygen atoms in total. The summed E-state index contributed by atoms with van der Waals surface area (Å²) in [6.45, 7) is 5.51. The number of ether oxygens (including phenoxy) is 1. The molecule has 2 atom stereocenters. The van der Waals surface area contributed by atoms with Gasteiger partial charge in [0.1, 0.15) is 29.4 Å². The lowest BCUT2D eigenvalue weighted by Gasteiger charge is -2.22. The average molecular weight is 508 g/mol. The van der Waals surface area contributed by atoms with E-state index in [0.717, 1.165) is 0 Å². The number of fused-ring (bicyclic) bond motifs is 1. The van der Waals surface area contributed by atoms with Crippen molar-refractivity contribution in [1.29, 1.82) is 5.26 Å². The number of nitrogens with zero attached hydrogens (tertiary/aromatic N) is 5. The minimum atomic E-state index is -1.33. The van der Waals surface area contributed by atoms with Crippen LogP contribution in [0.1, 0.15) is 42.5 Å². The maximum atomic E-state index is 14.6. The molecule has 4 heterocycles. The van der Waals surface area contributed by atoms with Crippen molar-refractivity contribution in [3.8, 4) is 11.8 Å². The molecule has 3 aromatic heterocycles. The minimum Gasteiger partial charge on any atom is -0.505 e. The van der Waals surface area contributed by atoms with Crippen LogP contribution in [0.3, 0.4) is 0 Å². The summed E-state index contributed by atoms with van der Waals surface area (Å²) in [5.74, 6) is -0.486. The fourth-order valence-electron chi connectivity index (χ4n) is 3.83. The minimum absolute atomic E-state index is 0.0169. The molecule has 1 aliphatic rings. The summed E-state index contributed by atoms with van der Waals surface area (Å²) in [5, 5.41) is 25.0. The van der Waals surface area contributed by atoms with Crippen LogP contribution < -0.4 is 15.5 Å². The molecule has 0 aliphatic carbocycles. The van der Waals surface area contributed by atoms with Crippen LogP contribution in [0.5, 0.6) is 5.75 Å². The van der Waals surface area contributed by atoms with Crippen molar-refractivity contribution < 1.29 is 23.8 Å². The molecule has 0 spiro atoms. The van der Waals surface area contributed by atoms with Crippen molar-refractivity contribution in [2.24, 2.45) is 0 Å². The quantitative estimate of drug-likeness (QED) is 0.473. The van der Waals surface area contributed by atoms with E-state index in [1.54, 1.807) is 43.9 Å². The van der Waals surface area contributed by atoms with Gasteiger partial charge in [0, 0.05) is 24.7 Å². The molecule has 1 fully saturated rings. The van der Waals surface area contributed by atoms with Gasteiger partial charge in [-0.1, -0.05) is 6.07 Å². The Morgan fingerprint density at radius 1 is 1.22 bits per heavy atom. The monoisotopic (exact) mass is 507 g/mol. The van der Waals surface area contributed by atoms with Crippen molar-refractivity contribution in [3.05, 3.63) is 53.6 Å². The van der Waals surface area contributed by atoms with Crippen molar-refractivity contribution in [3.63, 3.8) is 0 Å². The average Bonchev–Trinajstić information content (AvgIpc) is 3.21. The molecule has 1 saturated heterocycles. The van der Waals surface area contributed by atoms with Gasteiger partial charge in [-0.05, 0) is 44.5 Å². The summed E-state index contributed by atoms with van der Waals surface area (Å²) >= 11 is 0. The molecule has 1 aliphatic heterocycles. The van der Waals surface area contributed by atoms with E-state index in [2.05, 4.69) is 25.6 Å².